The predicted octanol–water partition coefficient (Wildman–Crippen LogP) is 2.49. The van der Waals surface area contributed by atoms with Gasteiger partial charge in [0.1, 0.15) is 11.9 Å². The number of anilines is 1. The lowest BCUT2D eigenvalue weighted by Crippen LogP contribution is -2.54. The molecule has 1 aromatic rings. The number of carbonyl (C=O) groups is 3. The smallest absolute Gasteiger partial charge is 0.257 e. The molecule has 6 heteroatoms. The van der Waals surface area contributed by atoms with Crippen molar-refractivity contribution in [1.29, 1.82) is 0 Å². The topological polar surface area (TPSA) is 57.7 Å². The largest absolute Gasteiger partial charge is 0.325 e. The van der Waals surface area contributed by atoms with Crippen LogP contribution in [0.5, 0.6) is 0 Å². The summed E-state index contributed by atoms with van der Waals surface area (Å²) < 4.78 is 13.0. The van der Waals surface area contributed by atoms with Gasteiger partial charge in [0.15, 0.2) is 0 Å². The second-order valence-corrected chi connectivity index (χ2v) is 6.32. The zero-order chi connectivity index (χ0) is 17.4. The van der Waals surface area contributed by atoms with Crippen LogP contribution in [-0.4, -0.2) is 34.2 Å². The number of benzene rings is 1. The molecule has 0 N–H and O–H groups in total. The highest BCUT2D eigenvalue weighted by molar-refractivity contribution is 6.23. The van der Waals surface area contributed by atoms with E-state index in [0.29, 0.717) is 12.1 Å². The first-order valence-corrected chi connectivity index (χ1v) is 7.61. The first-order chi connectivity index (χ1) is 10.7. The van der Waals surface area contributed by atoms with Crippen LogP contribution in [0, 0.1) is 5.82 Å². The van der Waals surface area contributed by atoms with Crippen LogP contribution in [0.15, 0.2) is 24.3 Å². The Morgan fingerprint density at radius 3 is 2.35 bits per heavy atom. The van der Waals surface area contributed by atoms with Crippen LogP contribution in [-0.2, 0) is 14.4 Å². The van der Waals surface area contributed by atoms with Gasteiger partial charge in [0.2, 0.25) is 11.8 Å². The van der Waals surface area contributed by atoms with Crippen LogP contribution in [0.4, 0.5) is 10.1 Å². The third kappa shape index (κ3) is 3.11. The van der Waals surface area contributed by atoms with Crippen molar-refractivity contribution >= 4 is 23.4 Å². The van der Waals surface area contributed by atoms with Crippen molar-refractivity contribution in [2.45, 2.75) is 52.1 Å². The highest BCUT2D eigenvalue weighted by atomic mass is 19.1. The molecule has 1 fully saturated rings. The van der Waals surface area contributed by atoms with Crippen molar-refractivity contribution in [1.82, 2.24) is 4.90 Å². The van der Waals surface area contributed by atoms with E-state index in [2.05, 4.69) is 0 Å². The Kier molecular flexibility index (Phi) is 4.54. The monoisotopic (exact) mass is 320 g/mol. The van der Waals surface area contributed by atoms with E-state index in [1.807, 2.05) is 20.8 Å². The molecule has 1 aliphatic heterocycles. The van der Waals surface area contributed by atoms with Crippen molar-refractivity contribution in [3.63, 3.8) is 0 Å². The quantitative estimate of drug-likeness (QED) is 0.801. The van der Waals surface area contributed by atoms with Gasteiger partial charge in [0, 0.05) is 12.5 Å². The summed E-state index contributed by atoms with van der Waals surface area (Å²) in [6, 6.07) is 4.34. The van der Waals surface area contributed by atoms with E-state index in [4.69, 9.17) is 0 Å². The number of hydrogen-bond donors (Lipinski definition) is 0. The maximum Gasteiger partial charge on any atom is 0.257 e. The van der Waals surface area contributed by atoms with Crippen LogP contribution in [0.2, 0.25) is 0 Å². The third-order valence-corrected chi connectivity index (χ3v) is 4.38. The molecular weight excluding hydrogens is 299 g/mol. The molecule has 3 amide bonds. The highest BCUT2D eigenvalue weighted by Gasteiger charge is 2.47. The second-order valence-electron chi connectivity index (χ2n) is 6.32. The Balaban J connectivity index is 2.36. The van der Waals surface area contributed by atoms with E-state index in [0.717, 1.165) is 4.90 Å². The van der Waals surface area contributed by atoms with E-state index < -0.39 is 23.3 Å². The number of imide groups is 1. The van der Waals surface area contributed by atoms with Gasteiger partial charge in [-0.1, -0.05) is 6.92 Å². The van der Waals surface area contributed by atoms with Gasteiger partial charge in [0.05, 0.1) is 12.1 Å². The molecule has 0 radical (unpaired) electrons. The molecule has 1 heterocycles. The first-order valence-electron chi connectivity index (χ1n) is 7.61. The fourth-order valence-electron chi connectivity index (χ4n) is 2.92. The molecule has 1 atom stereocenters. The molecule has 0 spiro atoms. The lowest BCUT2D eigenvalue weighted by atomic mass is 9.96. The molecule has 1 saturated heterocycles. The molecule has 124 valence electrons. The van der Waals surface area contributed by atoms with Crippen molar-refractivity contribution in [3.8, 4) is 0 Å². The normalized spacial score (nSPS) is 18.5. The average molecular weight is 320 g/mol. The Morgan fingerprint density at radius 1 is 1.30 bits per heavy atom. The summed E-state index contributed by atoms with van der Waals surface area (Å²) >= 11 is 0. The van der Waals surface area contributed by atoms with Crippen molar-refractivity contribution in [2.75, 3.05) is 4.90 Å². The standard InChI is InChI=1S/C17H21FN2O3/c1-5-17(3,4)20(11(2)21)14-10-15(22)19(16(14)23)13-8-6-12(18)7-9-13/h6-9,14H,5,10H2,1-4H3. The van der Waals surface area contributed by atoms with Crippen LogP contribution in [0.1, 0.15) is 40.5 Å². The van der Waals surface area contributed by atoms with Gasteiger partial charge in [-0.25, -0.2) is 9.29 Å². The second kappa shape index (κ2) is 6.10. The summed E-state index contributed by atoms with van der Waals surface area (Å²) in [7, 11) is 0. The van der Waals surface area contributed by atoms with Crippen molar-refractivity contribution in [3.05, 3.63) is 30.1 Å². The average Bonchev–Trinajstić information content (AvgIpc) is 2.75. The maximum atomic E-state index is 13.0. The SMILES string of the molecule is CCC(C)(C)N(C(C)=O)C1CC(=O)N(c2ccc(F)cc2)C1=O. The number of nitrogens with zero attached hydrogens (tertiary/aromatic N) is 2. The van der Waals surface area contributed by atoms with E-state index in [9.17, 15) is 18.8 Å². The Bertz CT molecular complexity index is 640. The van der Waals surface area contributed by atoms with E-state index >= 15 is 0 Å². The van der Waals surface area contributed by atoms with Gasteiger partial charge >= 0.3 is 0 Å². The summed E-state index contributed by atoms with van der Waals surface area (Å²) in [5.74, 6) is -1.52. The molecule has 0 aliphatic carbocycles. The number of carbonyl (C=O) groups excluding carboxylic acids is 3. The molecule has 1 aliphatic rings. The third-order valence-electron chi connectivity index (χ3n) is 4.38. The molecule has 1 aromatic carbocycles. The van der Waals surface area contributed by atoms with Gasteiger partial charge < -0.3 is 4.90 Å². The summed E-state index contributed by atoms with van der Waals surface area (Å²) in [4.78, 5) is 39.6. The molecular formula is C17H21FN2O3. The fraction of sp³-hybridized carbons (Fsp3) is 0.471. The number of halogens is 1. The van der Waals surface area contributed by atoms with Crippen molar-refractivity contribution < 1.29 is 18.8 Å². The minimum absolute atomic E-state index is 0.0563. The van der Waals surface area contributed by atoms with Gasteiger partial charge in [-0.3, -0.25) is 14.4 Å². The maximum absolute atomic E-state index is 13.0. The highest BCUT2D eigenvalue weighted by Crippen LogP contribution is 2.31. The van der Waals surface area contributed by atoms with Crippen molar-refractivity contribution in [2.24, 2.45) is 0 Å². The minimum Gasteiger partial charge on any atom is -0.325 e. The van der Waals surface area contributed by atoms with Gasteiger partial charge in [0.25, 0.3) is 5.91 Å². The molecule has 1 unspecified atom stereocenters. The first kappa shape index (κ1) is 17.1. The van der Waals surface area contributed by atoms with E-state index in [1.54, 1.807) is 0 Å². The predicted molar refractivity (Wildman–Crippen MR) is 84.2 cm³/mol. The van der Waals surface area contributed by atoms with E-state index in [-0.39, 0.29) is 18.2 Å². The van der Waals surface area contributed by atoms with Gasteiger partial charge in [-0.2, -0.15) is 0 Å². The molecule has 0 bridgehead atoms. The molecule has 23 heavy (non-hydrogen) atoms. The summed E-state index contributed by atoms with van der Waals surface area (Å²) in [6.45, 7) is 7.06. The summed E-state index contributed by atoms with van der Waals surface area (Å²) in [6.07, 6.45) is 0.598. The summed E-state index contributed by atoms with van der Waals surface area (Å²) in [5, 5.41) is 0. The zero-order valence-electron chi connectivity index (χ0n) is 13.8. The summed E-state index contributed by atoms with van der Waals surface area (Å²) in [5.41, 5.74) is -0.215. The van der Waals surface area contributed by atoms with Crippen LogP contribution in [0.3, 0.4) is 0 Å². The Hall–Kier alpha value is -2.24. The minimum atomic E-state index is -0.819. The van der Waals surface area contributed by atoms with Crippen LogP contribution >= 0.6 is 0 Å². The molecule has 5 nitrogen and oxygen atoms in total. The molecule has 0 aromatic heterocycles. The van der Waals surface area contributed by atoms with Crippen LogP contribution < -0.4 is 4.90 Å². The van der Waals surface area contributed by atoms with Crippen LogP contribution in [0.25, 0.3) is 0 Å². The lowest BCUT2D eigenvalue weighted by Gasteiger charge is -2.40. The number of amides is 3. The number of hydrogen-bond acceptors (Lipinski definition) is 3. The Labute approximate surface area is 135 Å². The zero-order valence-corrected chi connectivity index (χ0v) is 13.8. The number of rotatable bonds is 4. The van der Waals surface area contributed by atoms with Gasteiger partial charge in [-0.15, -0.1) is 0 Å². The molecule has 0 saturated carbocycles. The van der Waals surface area contributed by atoms with E-state index in [1.165, 1.54) is 36.1 Å². The fourth-order valence-corrected chi connectivity index (χ4v) is 2.92. The molecule has 2 rings (SSSR count). The lowest BCUT2D eigenvalue weighted by molar-refractivity contribution is -0.142. The Morgan fingerprint density at radius 2 is 1.87 bits per heavy atom. The van der Waals surface area contributed by atoms with Gasteiger partial charge in [-0.05, 0) is 44.5 Å².